The van der Waals surface area contributed by atoms with Crippen molar-refractivity contribution in [2.24, 2.45) is 0 Å². The number of aromatic nitrogens is 4. The minimum atomic E-state index is -4.37. The van der Waals surface area contributed by atoms with Crippen LogP contribution in [0.3, 0.4) is 0 Å². The molecule has 0 aliphatic rings. The molecule has 17 nitrogen and oxygen atoms in total. The lowest BCUT2D eigenvalue weighted by molar-refractivity contribution is -0.145. The predicted molar refractivity (Wildman–Crippen MR) is 380 cm³/mol. The van der Waals surface area contributed by atoms with E-state index in [9.17, 15) is 18.3 Å². The van der Waals surface area contributed by atoms with E-state index >= 15 is 0 Å². The van der Waals surface area contributed by atoms with Gasteiger partial charge >= 0.3 is 5.97 Å². The molecule has 10 rings (SSSR count). The molecular formula is C72H71Cl2IN4O13S2Si. The first-order valence-corrected chi connectivity index (χ1v) is 37.1. The Hall–Kier alpha value is -7.87. The highest BCUT2D eigenvalue weighted by molar-refractivity contribution is 14.1. The minimum absolute atomic E-state index is 0.0105. The van der Waals surface area contributed by atoms with Gasteiger partial charge in [0.15, 0.2) is 11.6 Å². The summed E-state index contributed by atoms with van der Waals surface area (Å²) in [5.41, 5.74) is 5.60. The zero-order valence-electron chi connectivity index (χ0n) is 54.2. The molecule has 0 fully saturated rings. The van der Waals surface area contributed by atoms with Crippen molar-refractivity contribution in [2.45, 2.75) is 95.4 Å². The summed E-state index contributed by atoms with van der Waals surface area (Å²) in [6.07, 6.45) is 0.0386. The highest BCUT2D eigenvalue weighted by Gasteiger charge is 2.41. The molecule has 0 radical (unpaired) electrons. The van der Waals surface area contributed by atoms with Gasteiger partial charge in [0.05, 0.1) is 62.4 Å². The van der Waals surface area contributed by atoms with Gasteiger partial charge in [-0.15, -0.1) is 11.3 Å². The van der Waals surface area contributed by atoms with Gasteiger partial charge in [0.1, 0.15) is 64.8 Å². The van der Waals surface area contributed by atoms with Crippen LogP contribution < -0.4 is 32.8 Å². The van der Waals surface area contributed by atoms with Crippen molar-refractivity contribution < 1.29 is 60.1 Å². The Morgan fingerprint density at radius 2 is 1.31 bits per heavy atom. The third kappa shape index (κ3) is 15.4. The van der Waals surface area contributed by atoms with Crippen molar-refractivity contribution in [3.05, 3.63) is 222 Å². The van der Waals surface area contributed by atoms with E-state index < -0.39 is 48.8 Å². The zero-order valence-corrected chi connectivity index (χ0v) is 60.5. The zero-order chi connectivity index (χ0) is 68.0. The van der Waals surface area contributed by atoms with Crippen LogP contribution in [0.5, 0.6) is 40.4 Å². The molecule has 23 heteroatoms. The fraction of sp³-hybridized carbons (Fsp3) is 0.264. The highest BCUT2D eigenvalue weighted by atomic mass is 127. The van der Waals surface area contributed by atoms with Crippen LogP contribution in [0, 0.1) is 23.7 Å². The molecule has 0 aliphatic carbocycles. The molecule has 3 heterocycles. The Bertz CT molecular complexity index is 4430. The number of aliphatic carboxylic acids is 1. The van der Waals surface area contributed by atoms with E-state index in [4.69, 9.17) is 70.0 Å². The van der Waals surface area contributed by atoms with Crippen LogP contribution in [0.2, 0.25) is 28.2 Å². The van der Waals surface area contributed by atoms with E-state index in [1.165, 1.54) is 29.8 Å². The number of carboxylic acids is 1. The van der Waals surface area contributed by atoms with E-state index in [0.29, 0.717) is 95.0 Å². The number of hydrogen-bond donors (Lipinski definition) is 1. The maximum Gasteiger partial charge on any atom is 0.345 e. The summed E-state index contributed by atoms with van der Waals surface area (Å²) < 4.78 is 85.5. The average molecular weight is 1490 g/mol. The van der Waals surface area contributed by atoms with Gasteiger partial charge in [0.25, 0.3) is 10.1 Å². The number of rotatable bonds is 27. The summed E-state index contributed by atoms with van der Waals surface area (Å²) in [5.74, 6) is 1.97. The van der Waals surface area contributed by atoms with Gasteiger partial charge in [-0.3, -0.25) is 4.18 Å². The van der Waals surface area contributed by atoms with Crippen LogP contribution in [0.25, 0.3) is 32.7 Å². The van der Waals surface area contributed by atoms with Crippen LogP contribution >= 0.6 is 57.1 Å². The monoisotopic (exact) mass is 1490 g/mol. The lowest BCUT2D eigenvalue weighted by Gasteiger charge is -2.37. The summed E-state index contributed by atoms with van der Waals surface area (Å²) in [4.78, 5) is 32.7. The maximum atomic E-state index is 14.0. The molecule has 0 amide bonds. The summed E-state index contributed by atoms with van der Waals surface area (Å²) >= 11 is 18.6. The van der Waals surface area contributed by atoms with Crippen molar-refractivity contribution >= 4 is 91.8 Å². The standard InChI is InChI=1S/C72H71Cl2IN4O13S2Si/c1-43-21-32-55(33-22-43)94(82,83)89-41-54(40-88-72(47-17-13-12-14-18-47,48-23-27-51(84-7)28-24-48)49-25-29-52(85-8)30-26-49)90-65-63(73)44(2)60(45(3)64(65)74)61-62-68(77-42-78-69(62)93-66(61)75)91-59(70(80)81)38-46-37-53(92-95(10,11)71(4,5)6)31-34-57(46)87-39-50-35-36-76-67(79-50)56-19-15-16-20-58(56)86-9/h12-37,42,54,59H,38-41H2,1-11H3,(H,80,81)/t54-,59-/m1/s1. The van der Waals surface area contributed by atoms with E-state index in [1.54, 1.807) is 71.7 Å². The van der Waals surface area contributed by atoms with Gasteiger partial charge in [-0.1, -0.05) is 128 Å². The van der Waals surface area contributed by atoms with Crippen LogP contribution in [0.15, 0.2) is 169 Å². The number of ether oxygens (including phenoxy) is 7. The lowest BCUT2D eigenvalue weighted by Crippen LogP contribution is -2.43. The Labute approximate surface area is 582 Å². The van der Waals surface area contributed by atoms with Crippen LogP contribution in [0.1, 0.15) is 65.4 Å². The molecular weight excluding hydrogens is 1420 g/mol. The molecule has 95 heavy (non-hydrogen) atoms. The first-order chi connectivity index (χ1) is 45.4. The maximum absolute atomic E-state index is 14.0. The second-order valence-electron chi connectivity index (χ2n) is 23.9. The molecule has 7 aromatic carbocycles. The Balaban J connectivity index is 1.01. The number of hydrogen-bond acceptors (Lipinski definition) is 17. The molecule has 0 saturated carbocycles. The molecule has 2 atom stereocenters. The number of fused-ring (bicyclic) bond motifs is 1. The van der Waals surface area contributed by atoms with Crippen molar-refractivity contribution in [3.63, 3.8) is 0 Å². The first kappa shape index (κ1) is 69.9. The SMILES string of the molecule is COc1ccc(C(OC[C@H](COS(=O)(=O)c2ccc(C)cc2)Oc2c(Cl)c(C)c(-c3c(I)sc4ncnc(O[C@H](Cc5cc(O[Si](C)(C)C(C)(C)C)ccc5OCc5ccnc(-c6ccccc6OC)n5)C(=O)O)c34)c(C)c2Cl)(c2ccccc2)c2ccc(OC)cc2)cc1. The number of methoxy groups -OCH3 is 3. The van der Waals surface area contributed by atoms with Crippen LogP contribution in [-0.4, -0.2) is 94.5 Å². The smallest absolute Gasteiger partial charge is 0.345 e. The molecule has 10 aromatic rings. The average Bonchev–Trinajstić information content (AvgIpc) is 1.74. The molecule has 0 unspecified atom stereocenters. The normalized spacial score (nSPS) is 12.7. The molecule has 494 valence electrons. The van der Waals surface area contributed by atoms with E-state index in [1.807, 2.05) is 116 Å². The number of carboxylic acid groups (broad SMARTS) is 1. The number of aryl methyl sites for hydroxylation is 1. The third-order valence-corrected chi connectivity index (χ3v) is 25.4. The van der Waals surface area contributed by atoms with Gasteiger partial charge in [0, 0.05) is 23.7 Å². The van der Waals surface area contributed by atoms with Crippen LogP contribution in [0.4, 0.5) is 0 Å². The number of benzene rings is 7. The summed E-state index contributed by atoms with van der Waals surface area (Å²) in [7, 11) is -2.01. The van der Waals surface area contributed by atoms with Crippen LogP contribution in [-0.2, 0) is 42.5 Å². The van der Waals surface area contributed by atoms with E-state index in [0.717, 1.165) is 14.0 Å². The van der Waals surface area contributed by atoms with Gasteiger partial charge in [-0.2, -0.15) is 8.42 Å². The summed E-state index contributed by atoms with van der Waals surface area (Å²) in [6, 6.07) is 45.5. The fourth-order valence-electron chi connectivity index (χ4n) is 10.6. The van der Waals surface area contributed by atoms with Gasteiger partial charge in [0.2, 0.25) is 20.3 Å². The summed E-state index contributed by atoms with van der Waals surface area (Å²) in [5, 5.41) is 11.6. The largest absolute Gasteiger partial charge is 0.543 e. The molecule has 0 spiro atoms. The second-order valence-corrected chi connectivity index (χ2v) is 33.8. The van der Waals surface area contributed by atoms with Crippen molar-refractivity contribution in [1.82, 2.24) is 19.9 Å². The number of halogens is 3. The number of para-hydroxylation sites is 1. The van der Waals surface area contributed by atoms with E-state index in [2.05, 4.69) is 71.4 Å². The van der Waals surface area contributed by atoms with Crippen molar-refractivity contribution in [3.8, 4) is 62.9 Å². The first-order valence-electron chi connectivity index (χ1n) is 30.2. The molecule has 0 aliphatic heterocycles. The van der Waals surface area contributed by atoms with E-state index in [-0.39, 0.29) is 51.2 Å². The highest BCUT2D eigenvalue weighted by Crippen LogP contribution is 2.51. The Kier molecular flexibility index (Phi) is 21.8. The second kappa shape index (κ2) is 29.6. The number of carbonyl (C=O) groups is 1. The minimum Gasteiger partial charge on any atom is -0.543 e. The van der Waals surface area contributed by atoms with Gasteiger partial charge in [-0.05, 0) is 168 Å². The molecule has 0 bridgehead atoms. The summed E-state index contributed by atoms with van der Waals surface area (Å²) in [6.45, 7) is 15.3. The Morgan fingerprint density at radius 1 is 0.695 bits per heavy atom. The molecule has 3 aromatic heterocycles. The molecule has 1 N–H and O–H groups in total. The topological polar surface area (TPSA) is 206 Å². The Morgan fingerprint density at radius 3 is 1.92 bits per heavy atom. The van der Waals surface area contributed by atoms with Crippen molar-refractivity contribution in [2.75, 3.05) is 34.5 Å². The number of thiophene rings is 1. The third-order valence-electron chi connectivity index (χ3n) is 16.7. The van der Waals surface area contributed by atoms with Gasteiger partial charge in [-0.25, -0.2) is 24.7 Å². The lowest BCUT2D eigenvalue weighted by atomic mass is 9.80. The quantitative estimate of drug-likeness (QED) is 0.0220. The molecule has 0 saturated heterocycles. The number of nitrogens with zero attached hydrogens (tertiary/aromatic N) is 4. The predicted octanol–water partition coefficient (Wildman–Crippen LogP) is 16.9. The van der Waals surface area contributed by atoms with Crippen molar-refractivity contribution in [1.29, 1.82) is 0 Å². The van der Waals surface area contributed by atoms with Gasteiger partial charge < -0.3 is 42.7 Å². The fourth-order valence-corrected chi connectivity index (χ4v) is 15.1.